The maximum absolute atomic E-state index is 13.2. The van der Waals surface area contributed by atoms with Gasteiger partial charge in [0.05, 0.1) is 18.2 Å². The fourth-order valence-electron chi connectivity index (χ4n) is 1.31. The van der Waals surface area contributed by atoms with E-state index in [-0.39, 0.29) is 16.3 Å². The molecule has 2 N–H and O–H groups in total. The third-order valence-corrected chi connectivity index (χ3v) is 3.57. The van der Waals surface area contributed by atoms with Gasteiger partial charge < -0.3 is 4.98 Å². The molecule has 1 aromatic carbocycles. The average Bonchev–Trinajstić information content (AvgIpc) is 2.78. The molecule has 0 fully saturated rings. The lowest BCUT2D eigenvalue weighted by atomic mass is 10.2. The van der Waals surface area contributed by atoms with E-state index in [1.807, 2.05) is 0 Å². The quantitative estimate of drug-likeness (QED) is 0.875. The van der Waals surface area contributed by atoms with Gasteiger partial charge in [0, 0.05) is 5.56 Å². The highest BCUT2D eigenvalue weighted by Gasteiger charge is 2.17. The molecule has 0 amide bonds. The molecule has 0 spiro atoms. The lowest BCUT2D eigenvalue weighted by Crippen LogP contribution is -2.14. The number of hydrogen-bond donors (Lipinski definition) is 2. The standard InChI is InChI=1S/C10H10FN3O2S/c1-7-8(11)3-2-4-9(7)14-17(15,16)10-5-12-6-13-10/h2-6,14H,1H3,(H,12,13). The number of aromatic nitrogens is 2. The first-order chi connectivity index (χ1) is 8.00. The fourth-order valence-corrected chi connectivity index (χ4v) is 2.34. The highest BCUT2D eigenvalue weighted by atomic mass is 32.2. The summed E-state index contributed by atoms with van der Waals surface area (Å²) >= 11 is 0. The fraction of sp³-hybridized carbons (Fsp3) is 0.100. The Labute approximate surface area is 97.8 Å². The number of nitrogens with zero attached hydrogens (tertiary/aromatic N) is 1. The molecule has 0 atom stereocenters. The minimum atomic E-state index is -3.74. The third kappa shape index (κ3) is 2.28. The Morgan fingerprint density at radius 1 is 1.41 bits per heavy atom. The molecule has 7 heteroatoms. The van der Waals surface area contributed by atoms with Crippen LogP contribution in [0.2, 0.25) is 0 Å². The zero-order chi connectivity index (χ0) is 12.5. The van der Waals surface area contributed by atoms with Crippen molar-refractivity contribution in [3.8, 4) is 0 Å². The molecule has 0 radical (unpaired) electrons. The van der Waals surface area contributed by atoms with Crippen molar-refractivity contribution in [1.29, 1.82) is 0 Å². The molecule has 1 heterocycles. The number of halogens is 1. The Morgan fingerprint density at radius 3 is 2.82 bits per heavy atom. The van der Waals surface area contributed by atoms with Crippen molar-refractivity contribution >= 4 is 15.7 Å². The number of benzene rings is 1. The van der Waals surface area contributed by atoms with Gasteiger partial charge in [-0.2, -0.15) is 8.42 Å². The lowest BCUT2D eigenvalue weighted by molar-refractivity contribution is 0.598. The van der Waals surface area contributed by atoms with Crippen LogP contribution >= 0.6 is 0 Å². The van der Waals surface area contributed by atoms with Crippen molar-refractivity contribution in [3.63, 3.8) is 0 Å². The van der Waals surface area contributed by atoms with E-state index in [1.165, 1.54) is 37.6 Å². The van der Waals surface area contributed by atoms with Crippen LogP contribution < -0.4 is 4.72 Å². The van der Waals surface area contributed by atoms with Gasteiger partial charge in [0.2, 0.25) is 0 Å². The smallest absolute Gasteiger partial charge is 0.278 e. The Bertz CT molecular complexity index is 623. The molecular formula is C10H10FN3O2S. The van der Waals surface area contributed by atoms with E-state index >= 15 is 0 Å². The van der Waals surface area contributed by atoms with E-state index in [2.05, 4.69) is 14.7 Å². The molecule has 0 aliphatic carbocycles. The van der Waals surface area contributed by atoms with Crippen LogP contribution in [0.3, 0.4) is 0 Å². The predicted octanol–water partition coefficient (Wildman–Crippen LogP) is 1.66. The first-order valence-corrected chi connectivity index (χ1v) is 6.25. The van der Waals surface area contributed by atoms with Gasteiger partial charge in [0.25, 0.3) is 10.0 Å². The van der Waals surface area contributed by atoms with Crippen molar-refractivity contribution in [1.82, 2.24) is 9.97 Å². The molecular weight excluding hydrogens is 245 g/mol. The molecule has 0 aliphatic rings. The molecule has 0 bridgehead atoms. The minimum Gasteiger partial charge on any atom is -0.334 e. The lowest BCUT2D eigenvalue weighted by Gasteiger charge is -2.09. The van der Waals surface area contributed by atoms with Crippen molar-refractivity contribution in [3.05, 3.63) is 42.1 Å². The third-order valence-electron chi connectivity index (χ3n) is 2.27. The van der Waals surface area contributed by atoms with Crippen LogP contribution in [0.4, 0.5) is 10.1 Å². The first-order valence-electron chi connectivity index (χ1n) is 4.77. The number of hydrogen-bond acceptors (Lipinski definition) is 3. The van der Waals surface area contributed by atoms with E-state index in [0.29, 0.717) is 0 Å². The summed E-state index contributed by atoms with van der Waals surface area (Å²) in [6, 6.07) is 4.20. The predicted molar refractivity (Wildman–Crippen MR) is 60.5 cm³/mol. The maximum atomic E-state index is 13.2. The summed E-state index contributed by atoms with van der Waals surface area (Å²) in [6.45, 7) is 1.50. The second-order valence-corrected chi connectivity index (χ2v) is 5.08. The monoisotopic (exact) mass is 255 g/mol. The van der Waals surface area contributed by atoms with Gasteiger partial charge in [-0.3, -0.25) is 4.72 Å². The Balaban J connectivity index is 2.37. The van der Waals surface area contributed by atoms with Gasteiger partial charge in [-0.25, -0.2) is 9.37 Å². The zero-order valence-corrected chi connectivity index (χ0v) is 9.75. The summed E-state index contributed by atoms with van der Waals surface area (Å²) in [5.41, 5.74) is 0.454. The van der Waals surface area contributed by atoms with Crippen LogP contribution in [0.5, 0.6) is 0 Å². The Hall–Kier alpha value is -1.89. The normalized spacial score (nSPS) is 11.4. The number of nitrogens with one attached hydrogen (secondary N) is 2. The molecule has 0 unspecified atom stereocenters. The van der Waals surface area contributed by atoms with Gasteiger partial charge in [-0.1, -0.05) is 6.07 Å². The molecule has 5 nitrogen and oxygen atoms in total. The minimum absolute atomic E-state index is 0.0684. The van der Waals surface area contributed by atoms with Crippen LogP contribution in [0, 0.1) is 12.7 Å². The van der Waals surface area contributed by atoms with Gasteiger partial charge in [-0.15, -0.1) is 0 Å². The summed E-state index contributed by atoms with van der Waals surface area (Å²) in [4.78, 5) is 6.10. The Morgan fingerprint density at radius 2 is 2.18 bits per heavy atom. The highest BCUT2D eigenvalue weighted by Crippen LogP contribution is 2.20. The van der Waals surface area contributed by atoms with Gasteiger partial charge in [-0.05, 0) is 19.1 Å². The summed E-state index contributed by atoms with van der Waals surface area (Å²) in [5, 5.41) is -0.0684. The molecule has 0 saturated carbocycles. The summed E-state index contributed by atoms with van der Waals surface area (Å²) in [7, 11) is -3.74. The van der Waals surface area contributed by atoms with E-state index in [1.54, 1.807) is 0 Å². The molecule has 0 saturated heterocycles. The molecule has 2 aromatic rings. The van der Waals surface area contributed by atoms with Crippen molar-refractivity contribution in [2.24, 2.45) is 0 Å². The van der Waals surface area contributed by atoms with Crippen LogP contribution in [0.25, 0.3) is 0 Å². The highest BCUT2D eigenvalue weighted by molar-refractivity contribution is 7.92. The molecule has 90 valence electrons. The number of H-pyrrole nitrogens is 1. The topological polar surface area (TPSA) is 74.8 Å². The molecule has 2 rings (SSSR count). The second kappa shape index (κ2) is 4.17. The number of sulfonamides is 1. The SMILES string of the molecule is Cc1c(F)cccc1NS(=O)(=O)c1cnc[nH]1. The van der Waals surface area contributed by atoms with Crippen LogP contribution in [-0.4, -0.2) is 18.4 Å². The number of anilines is 1. The summed E-state index contributed by atoms with van der Waals surface area (Å²) in [5.74, 6) is -0.463. The number of aromatic amines is 1. The van der Waals surface area contributed by atoms with E-state index in [9.17, 15) is 12.8 Å². The molecule has 1 aromatic heterocycles. The van der Waals surface area contributed by atoms with Crippen molar-refractivity contribution in [2.45, 2.75) is 11.9 Å². The van der Waals surface area contributed by atoms with Crippen LogP contribution in [0.1, 0.15) is 5.56 Å². The van der Waals surface area contributed by atoms with Crippen molar-refractivity contribution < 1.29 is 12.8 Å². The van der Waals surface area contributed by atoms with E-state index < -0.39 is 15.8 Å². The number of imidazole rings is 1. The largest absolute Gasteiger partial charge is 0.334 e. The van der Waals surface area contributed by atoms with Gasteiger partial charge >= 0.3 is 0 Å². The van der Waals surface area contributed by atoms with Gasteiger partial charge in [0.15, 0.2) is 5.03 Å². The summed E-state index contributed by atoms with van der Waals surface area (Å²) < 4.78 is 39.2. The second-order valence-electron chi connectivity index (χ2n) is 3.43. The van der Waals surface area contributed by atoms with E-state index in [4.69, 9.17) is 0 Å². The van der Waals surface area contributed by atoms with Gasteiger partial charge in [0.1, 0.15) is 5.82 Å². The van der Waals surface area contributed by atoms with Crippen LogP contribution in [-0.2, 0) is 10.0 Å². The average molecular weight is 255 g/mol. The summed E-state index contributed by atoms with van der Waals surface area (Å²) in [6.07, 6.45) is 2.43. The maximum Gasteiger partial charge on any atom is 0.278 e. The molecule has 17 heavy (non-hydrogen) atoms. The van der Waals surface area contributed by atoms with Crippen molar-refractivity contribution in [2.75, 3.05) is 4.72 Å². The Kier molecular flexibility index (Phi) is 2.84. The van der Waals surface area contributed by atoms with Crippen LogP contribution in [0.15, 0.2) is 35.7 Å². The van der Waals surface area contributed by atoms with E-state index in [0.717, 1.165) is 0 Å². The molecule has 0 aliphatic heterocycles. The number of rotatable bonds is 3. The zero-order valence-electron chi connectivity index (χ0n) is 8.94. The first kappa shape index (κ1) is 11.6.